The number of carbonyl (C=O) groups excluding carboxylic acids is 3. The van der Waals surface area contributed by atoms with Crippen molar-refractivity contribution in [3.8, 4) is 0 Å². The van der Waals surface area contributed by atoms with E-state index >= 15 is 0 Å². The van der Waals surface area contributed by atoms with Crippen molar-refractivity contribution >= 4 is 17.9 Å². The van der Waals surface area contributed by atoms with Gasteiger partial charge in [0.05, 0.1) is 0 Å². The summed E-state index contributed by atoms with van der Waals surface area (Å²) in [5.74, 6) is -0.902. The van der Waals surface area contributed by atoms with Crippen molar-refractivity contribution in [3.05, 3.63) is 122 Å². The van der Waals surface area contributed by atoms with E-state index in [0.29, 0.717) is 19.3 Å². The highest BCUT2D eigenvalue weighted by Gasteiger charge is 2.19. The molecule has 0 fully saturated rings. The Morgan fingerprint density at radius 2 is 0.481 bits per heavy atom. The van der Waals surface area contributed by atoms with Crippen molar-refractivity contribution in [2.75, 3.05) is 13.2 Å². The van der Waals surface area contributed by atoms with Crippen LogP contribution in [0.5, 0.6) is 0 Å². The highest BCUT2D eigenvalue weighted by molar-refractivity contribution is 5.71. The smallest absolute Gasteiger partial charge is 0.306 e. The summed E-state index contributed by atoms with van der Waals surface area (Å²) in [6.45, 7) is 6.39. The van der Waals surface area contributed by atoms with E-state index in [1.807, 2.05) is 0 Å². The Bertz CT molecular complexity index is 1670. The average Bonchev–Trinajstić information content (AvgIpc) is 3.47. The molecule has 0 aliphatic heterocycles. The maximum atomic E-state index is 12.9. The summed E-state index contributed by atoms with van der Waals surface area (Å²) in [5.41, 5.74) is 0. The number of hydrogen-bond donors (Lipinski definition) is 0. The Labute approximate surface area is 501 Å². The molecule has 0 aromatic heterocycles. The predicted molar refractivity (Wildman–Crippen MR) is 353 cm³/mol. The lowest BCUT2D eigenvalue weighted by Crippen LogP contribution is -2.30. The summed E-state index contributed by atoms with van der Waals surface area (Å²) >= 11 is 0. The van der Waals surface area contributed by atoms with Crippen LogP contribution in [0.15, 0.2) is 122 Å². The lowest BCUT2D eigenvalue weighted by molar-refractivity contribution is -0.167. The number of unbranched alkanes of at least 4 members (excludes halogenated alkanes) is 30. The van der Waals surface area contributed by atoms with E-state index in [1.54, 1.807) is 0 Å². The zero-order valence-electron chi connectivity index (χ0n) is 53.0. The van der Waals surface area contributed by atoms with Gasteiger partial charge in [-0.1, -0.05) is 290 Å². The van der Waals surface area contributed by atoms with Gasteiger partial charge in [0, 0.05) is 19.3 Å². The van der Waals surface area contributed by atoms with E-state index < -0.39 is 6.10 Å². The molecule has 0 aliphatic rings. The predicted octanol–water partition coefficient (Wildman–Crippen LogP) is 23.6. The summed E-state index contributed by atoms with van der Waals surface area (Å²) in [4.78, 5) is 38.4. The van der Waals surface area contributed by atoms with Crippen LogP contribution in [0.2, 0.25) is 0 Å². The van der Waals surface area contributed by atoms with Gasteiger partial charge >= 0.3 is 17.9 Å². The molecule has 6 nitrogen and oxygen atoms in total. The van der Waals surface area contributed by atoms with Crippen LogP contribution < -0.4 is 0 Å². The Morgan fingerprint density at radius 1 is 0.259 bits per heavy atom. The molecule has 0 saturated heterocycles. The van der Waals surface area contributed by atoms with Gasteiger partial charge in [-0.3, -0.25) is 14.4 Å². The van der Waals surface area contributed by atoms with E-state index in [1.165, 1.54) is 135 Å². The fourth-order valence-corrected chi connectivity index (χ4v) is 9.40. The fraction of sp³-hybridized carbons (Fsp3) is 0.693. The summed E-state index contributed by atoms with van der Waals surface area (Å²) in [7, 11) is 0. The first-order valence-electron chi connectivity index (χ1n) is 34.0. The minimum atomic E-state index is -0.792. The Hall–Kier alpha value is -4.19. The molecule has 0 aliphatic carbocycles. The first-order chi connectivity index (χ1) is 40.0. The minimum Gasteiger partial charge on any atom is -0.462 e. The molecule has 0 heterocycles. The molecule has 0 bridgehead atoms. The van der Waals surface area contributed by atoms with E-state index in [-0.39, 0.29) is 31.1 Å². The topological polar surface area (TPSA) is 78.9 Å². The summed E-state index contributed by atoms with van der Waals surface area (Å²) in [6.07, 6.45) is 95.0. The molecule has 81 heavy (non-hydrogen) atoms. The zero-order valence-corrected chi connectivity index (χ0v) is 53.0. The third kappa shape index (κ3) is 66.5. The largest absolute Gasteiger partial charge is 0.462 e. The molecule has 462 valence electrons. The molecule has 0 N–H and O–H groups in total. The van der Waals surface area contributed by atoms with Crippen LogP contribution in [0.25, 0.3) is 0 Å². The monoisotopic (exact) mass is 1120 g/mol. The van der Waals surface area contributed by atoms with Crippen molar-refractivity contribution in [2.45, 2.75) is 322 Å². The van der Waals surface area contributed by atoms with Gasteiger partial charge in [0.2, 0.25) is 0 Å². The molecule has 1 unspecified atom stereocenters. The Morgan fingerprint density at radius 3 is 0.753 bits per heavy atom. The summed E-state index contributed by atoms with van der Waals surface area (Å²) < 4.78 is 16.9. The maximum absolute atomic E-state index is 12.9. The lowest BCUT2D eigenvalue weighted by atomic mass is 10.0. The van der Waals surface area contributed by atoms with Crippen LogP contribution in [0.4, 0.5) is 0 Å². The SMILES string of the molecule is CC/C=C\C/C=C\C/C=C\C/C=C\C/C=C\CCCCCCCCCCCCCCCCCC(=O)OCC(COC(=O)CCCCCCC/C=C\C/C=C\CCCCC)OC(=O)CCCCCCCCC/C=C\C/C=C\C/C=C\CC. The van der Waals surface area contributed by atoms with Gasteiger partial charge in [-0.15, -0.1) is 0 Å². The van der Waals surface area contributed by atoms with Crippen molar-refractivity contribution in [1.82, 2.24) is 0 Å². The van der Waals surface area contributed by atoms with Crippen LogP contribution in [0.1, 0.15) is 316 Å². The number of carbonyl (C=O) groups is 3. The van der Waals surface area contributed by atoms with Gasteiger partial charge in [-0.2, -0.15) is 0 Å². The molecule has 6 heteroatoms. The molecular formula is C75H126O6. The van der Waals surface area contributed by atoms with Gasteiger partial charge in [0.25, 0.3) is 0 Å². The molecule has 0 radical (unpaired) electrons. The lowest BCUT2D eigenvalue weighted by Gasteiger charge is -2.18. The average molecular weight is 1120 g/mol. The molecule has 0 aromatic rings. The van der Waals surface area contributed by atoms with E-state index in [0.717, 1.165) is 141 Å². The van der Waals surface area contributed by atoms with Crippen molar-refractivity contribution in [1.29, 1.82) is 0 Å². The van der Waals surface area contributed by atoms with E-state index in [4.69, 9.17) is 14.2 Å². The molecule has 0 aromatic carbocycles. The highest BCUT2D eigenvalue weighted by Crippen LogP contribution is 2.16. The van der Waals surface area contributed by atoms with Crippen LogP contribution in [-0.2, 0) is 28.6 Å². The summed E-state index contributed by atoms with van der Waals surface area (Å²) in [5, 5.41) is 0. The first kappa shape index (κ1) is 76.8. The van der Waals surface area contributed by atoms with Crippen molar-refractivity contribution in [3.63, 3.8) is 0 Å². The van der Waals surface area contributed by atoms with Crippen molar-refractivity contribution < 1.29 is 28.6 Å². The second-order valence-electron chi connectivity index (χ2n) is 22.3. The first-order valence-corrected chi connectivity index (χ1v) is 34.0. The number of allylic oxidation sites excluding steroid dienone is 20. The third-order valence-electron chi connectivity index (χ3n) is 14.4. The molecular weight excluding hydrogens is 997 g/mol. The standard InChI is InChI=1S/C75H126O6/c1-4-7-10-13-16-19-22-25-28-30-31-32-33-34-35-36-37-38-39-40-41-42-43-45-47-50-53-56-59-62-65-68-74(77)80-71-72(70-79-73(76)67-64-61-58-55-52-49-46-27-24-21-18-15-12-9-6-3)81-75(78)69-66-63-60-57-54-51-48-44-29-26-23-20-17-14-11-8-5-2/h7-8,10-11,16-21,25-29,31-32,34-35,46,72H,4-6,9,12-15,22-24,30,33,36-45,47-71H2,1-3H3/b10-7-,11-8-,19-16-,20-17-,21-18-,28-25-,29-26-,32-31-,35-34-,46-27-. The van der Waals surface area contributed by atoms with Gasteiger partial charge in [0.1, 0.15) is 13.2 Å². The normalized spacial score (nSPS) is 12.9. The molecule has 0 spiro atoms. The Balaban J connectivity index is 4.27. The molecule has 0 saturated carbocycles. The molecule has 0 rings (SSSR count). The maximum Gasteiger partial charge on any atom is 0.306 e. The number of hydrogen-bond acceptors (Lipinski definition) is 6. The molecule has 1 atom stereocenters. The number of ether oxygens (including phenoxy) is 3. The summed E-state index contributed by atoms with van der Waals surface area (Å²) in [6, 6.07) is 0. The van der Waals surface area contributed by atoms with Crippen molar-refractivity contribution in [2.24, 2.45) is 0 Å². The fourth-order valence-electron chi connectivity index (χ4n) is 9.40. The number of rotatable bonds is 61. The van der Waals surface area contributed by atoms with Gasteiger partial charge < -0.3 is 14.2 Å². The minimum absolute atomic E-state index is 0.0868. The van der Waals surface area contributed by atoms with Crippen LogP contribution in [0, 0.1) is 0 Å². The second-order valence-corrected chi connectivity index (χ2v) is 22.3. The van der Waals surface area contributed by atoms with Gasteiger partial charge in [-0.25, -0.2) is 0 Å². The number of esters is 3. The van der Waals surface area contributed by atoms with Gasteiger partial charge in [-0.05, 0) is 128 Å². The van der Waals surface area contributed by atoms with E-state index in [9.17, 15) is 14.4 Å². The highest BCUT2D eigenvalue weighted by atomic mass is 16.6. The quantitative estimate of drug-likeness (QED) is 0.0261. The molecule has 0 amide bonds. The van der Waals surface area contributed by atoms with Crippen LogP contribution in [0.3, 0.4) is 0 Å². The third-order valence-corrected chi connectivity index (χ3v) is 14.4. The van der Waals surface area contributed by atoms with E-state index in [2.05, 4.69) is 142 Å². The van der Waals surface area contributed by atoms with Crippen LogP contribution >= 0.6 is 0 Å². The zero-order chi connectivity index (χ0) is 58.5. The second kappa shape index (κ2) is 68.3. The van der Waals surface area contributed by atoms with Gasteiger partial charge in [0.15, 0.2) is 6.10 Å². The van der Waals surface area contributed by atoms with Crippen LogP contribution in [-0.4, -0.2) is 37.2 Å². The Kier molecular flexibility index (Phi) is 64.8.